The van der Waals surface area contributed by atoms with Crippen LogP contribution < -0.4 is 10.6 Å². The second-order valence-corrected chi connectivity index (χ2v) is 8.12. The highest BCUT2D eigenvalue weighted by molar-refractivity contribution is 6.00. The number of benzene rings is 2. The van der Waals surface area contributed by atoms with E-state index in [1.807, 2.05) is 49.4 Å². The number of nitriles is 1. The molecule has 0 aliphatic heterocycles. The maximum Gasteiger partial charge on any atom is 0.226 e. The monoisotopic (exact) mass is 425 g/mol. The Balaban J connectivity index is 1.33. The second-order valence-electron chi connectivity index (χ2n) is 8.12. The van der Waals surface area contributed by atoms with Crippen molar-refractivity contribution >= 4 is 23.1 Å². The summed E-state index contributed by atoms with van der Waals surface area (Å²) < 4.78 is 0. The fraction of sp³-hybridized carbons (Fsp3) is 0.240. The van der Waals surface area contributed by atoms with Crippen molar-refractivity contribution in [3.63, 3.8) is 0 Å². The summed E-state index contributed by atoms with van der Waals surface area (Å²) in [4.78, 5) is 32.9. The average Bonchev–Trinajstić information content (AvgIpc) is 3.60. The van der Waals surface area contributed by atoms with E-state index in [0.717, 1.165) is 22.5 Å². The summed E-state index contributed by atoms with van der Waals surface area (Å²) in [6, 6.07) is 15.6. The number of rotatable bonds is 8. The molecule has 1 heterocycles. The Bertz CT molecular complexity index is 1180. The minimum Gasteiger partial charge on any atom is -0.354 e. The van der Waals surface area contributed by atoms with Crippen LogP contribution in [0.5, 0.6) is 0 Å². The third kappa shape index (κ3) is 4.65. The molecule has 0 unspecified atom stereocenters. The number of nitrogens with one attached hydrogen (secondary N) is 2. The number of carbonyl (C=O) groups excluding carboxylic acids is 2. The maximum absolute atomic E-state index is 12.7. The zero-order valence-electron chi connectivity index (χ0n) is 17.8. The van der Waals surface area contributed by atoms with E-state index in [1.54, 1.807) is 0 Å². The van der Waals surface area contributed by atoms with Gasteiger partial charge in [0.15, 0.2) is 5.78 Å². The lowest BCUT2D eigenvalue weighted by Gasteiger charge is -2.15. The Morgan fingerprint density at radius 1 is 1.09 bits per heavy atom. The number of ketones is 1. The molecule has 4 rings (SSSR count). The van der Waals surface area contributed by atoms with Gasteiger partial charge in [0.1, 0.15) is 12.4 Å². The highest BCUT2D eigenvalue weighted by Crippen LogP contribution is 2.49. The van der Waals surface area contributed by atoms with E-state index in [9.17, 15) is 14.9 Å². The largest absolute Gasteiger partial charge is 0.354 e. The quantitative estimate of drug-likeness (QED) is 0.527. The van der Waals surface area contributed by atoms with E-state index < -0.39 is 5.41 Å². The van der Waals surface area contributed by atoms with Gasteiger partial charge in [-0.3, -0.25) is 9.59 Å². The molecule has 1 amide bonds. The van der Waals surface area contributed by atoms with Gasteiger partial charge in [-0.2, -0.15) is 5.26 Å². The number of aromatic nitrogens is 2. The van der Waals surface area contributed by atoms with Crippen LogP contribution in [0.1, 0.15) is 46.3 Å². The van der Waals surface area contributed by atoms with Crippen molar-refractivity contribution in [2.45, 2.75) is 32.7 Å². The fourth-order valence-corrected chi connectivity index (χ4v) is 3.64. The highest BCUT2D eigenvalue weighted by atomic mass is 16.2. The number of nitrogens with zero attached hydrogens (tertiary/aromatic N) is 3. The molecule has 7 heteroatoms. The van der Waals surface area contributed by atoms with Crippen molar-refractivity contribution in [3.05, 3.63) is 83.4 Å². The standard InChI is InChI=1S/C25H23N5O2/c1-17-3-2-4-22(21(17)12-26)30-20-7-5-18(6-8-20)13-29-24(32)25(9-10-25)11-23(31)19-14-27-16-28-15-19/h2-8,14-16,30H,9-11,13H2,1H3,(H,29,32). The zero-order chi connectivity index (χ0) is 22.6. The molecular formula is C25H23N5O2. The van der Waals surface area contributed by atoms with Gasteiger partial charge in [-0.1, -0.05) is 24.3 Å². The minimum atomic E-state index is -0.618. The van der Waals surface area contributed by atoms with Crippen molar-refractivity contribution in [1.29, 1.82) is 5.26 Å². The first-order chi connectivity index (χ1) is 15.5. The van der Waals surface area contributed by atoms with Gasteiger partial charge in [0.2, 0.25) is 5.91 Å². The molecule has 1 aromatic heterocycles. The summed E-state index contributed by atoms with van der Waals surface area (Å²) in [5.41, 5.74) is 3.93. The van der Waals surface area contributed by atoms with Crippen LogP contribution in [0.15, 0.2) is 61.2 Å². The van der Waals surface area contributed by atoms with E-state index in [1.165, 1.54) is 18.7 Å². The van der Waals surface area contributed by atoms with Gasteiger partial charge in [0.05, 0.1) is 22.2 Å². The summed E-state index contributed by atoms with van der Waals surface area (Å²) in [7, 11) is 0. The molecule has 1 saturated carbocycles. The van der Waals surface area contributed by atoms with E-state index in [0.29, 0.717) is 30.5 Å². The summed E-state index contributed by atoms with van der Waals surface area (Å²) in [6.07, 6.45) is 5.93. The molecule has 2 N–H and O–H groups in total. The van der Waals surface area contributed by atoms with Crippen LogP contribution in [-0.4, -0.2) is 21.7 Å². The number of hydrogen-bond acceptors (Lipinski definition) is 6. The summed E-state index contributed by atoms with van der Waals surface area (Å²) in [5, 5.41) is 15.6. The molecule has 0 radical (unpaired) electrons. The summed E-state index contributed by atoms with van der Waals surface area (Å²) in [5.74, 6) is -0.204. The molecule has 32 heavy (non-hydrogen) atoms. The van der Waals surface area contributed by atoms with Gasteiger partial charge >= 0.3 is 0 Å². The van der Waals surface area contributed by atoms with Crippen molar-refractivity contribution in [2.24, 2.45) is 5.41 Å². The lowest BCUT2D eigenvalue weighted by Crippen LogP contribution is -2.33. The first-order valence-electron chi connectivity index (χ1n) is 10.4. The fourth-order valence-electron chi connectivity index (χ4n) is 3.64. The van der Waals surface area contributed by atoms with Crippen molar-refractivity contribution in [2.75, 3.05) is 5.32 Å². The maximum atomic E-state index is 12.7. The molecule has 0 spiro atoms. The number of anilines is 2. The van der Waals surface area contributed by atoms with Gasteiger partial charge in [-0.05, 0) is 49.1 Å². The van der Waals surface area contributed by atoms with Gasteiger partial charge in [-0.15, -0.1) is 0 Å². The van der Waals surface area contributed by atoms with Crippen molar-refractivity contribution in [1.82, 2.24) is 15.3 Å². The van der Waals surface area contributed by atoms with Crippen molar-refractivity contribution < 1.29 is 9.59 Å². The molecule has 1 fully saturated rings. The molecule has 2 aromatic carbocycles. The number of hydrogen-bond donors (Lipinski definition) is 2. The molecular weight excluding hydrogens is 402 g/mol. The molecule has 0 bridgehead atoms. The minimum absolute atomic E-state index is 0.0941. The van der Waals surface area contributed by atoms with E-state index in [-0.39, 0.29) is 18.1 Å². The Morgan fingerprint density at radius 2 is 1.81 bits per heavy atom. The van der Waals surface area contributed by atoms with Crippen LogP contribution in [0, 0.1) is 23.7 Å². The Morgan fingerprint density at radius 3 is 2.47 bits per heavy atom. The van der Waals surface area contributed by atoms with Crippen molar-refractivity contribution in [3.8, 4) is 6.07 Å². The SMILES string of the molecule is Cc1cccc(Nc2ccc(CNC(=O)C3(CC(=O)c4cncnc4)CC3)cc2)c1C#N. The Kier molecular flexibility index (Phi) is 5.95. The zero-order valence-corrected chi connectivity index (χ0v) is 17.8. The van der Waals surface area contributed by atoms with Gasteiger partial charge in [0.25, 0.3) is 0 Å². The average molecular weight is 425 g/mol. The third-order valence-corrected chi connectivity index (χ3v) is 5.79. The van der Waals surface area contributed by atoms with Crippen LogP contribution in [-0.2, 0) is 11.3 Å². The molecule has 1 aliphatic carbocycles. The first-order valence-corrected chi connectivity index (χ1v) is 10.4. The summed E-state index contributed by atoms with van der Waals surface area (Å²) in [6.45, 7) is 2.29. The lowest BCUT2D eigenvalue weighted by atomic mass is 9.95. The summed E-state index contributed by atoms with van der Waals surface area (Å²) >= 11 is 0. The predicted molar refractivity (Wildman–Crippen MR) is 120 cm³/mol. The Labute approximate surface area is 186 Å². The van der Waals surface area contributed by atoms with Gasteiger partial charge < -0.3 is 10.6 Å². The number of Topliss-reactive ketones (excluding diaryl/α,β-unsaturated/α-hetero) is 1. The molecule has 1 aliphatic rings. The first kappa shape index (κ1) is 21.2. The second kappa shape index (κ2) is 8.98. The normalized spacial score (nSPS) is 13.6. The van der Waals surface area contributed by atoms with Crippen LogP contribution in [0.25, 0.3) is 0 Å². The number of aryl methyl sites for hydroxylation is 1. The molecule has 0 atom stereocenters. The number of amides is 1. The Hall–Kier alpha value is -4.05. The van der Waals surface area contributed by atoms with Crippen LogP contribution in [0.3, 0.4) is 0 Å². The predicted octanol–water partition coefficient (Wildman–Crippen LogP) is 4.07. The van der Waals surface area contributed by atoms with Crippen LogP contribution in [0.2, 0.25) is 0 Å². The van der Waals surface area contributed by atoms with Crippen LogP contribution >= 0.6 is 0 Å². The molecule has 3 aromatic rings. The molecule has 7 nitrogen and oxygen atoms in total. The van der Waals surface area contributed by atoms with Gasteiger partial charge in [0, 0.05) is 31.0 Å². The van der Waals surface area contributed by atoms with Gasteiger partial charge in [-0.25, -0.2) is 9.97 Å². The number of carbonyl (C=O) groups is 2. The third-order valence-electron chi connectivity index (χ3n) is 5.79. The van der Waals surface area contributed by atoms with E-state index in [2.05, 4.69) is 26.7 Å². The van der Waals surface area contributed by atoms with E-state index in [4.69, 9.17) is 0 Å². The smallest absolute Gasteiger partial charge is 0.226 e. The molecule has 160 valence electrons. The van der Waals surface area contributed by atoms with E-state index >= 15 is 0 Å². The molecule has 0 saturated heterocycles. The van der Waals surface area contributed by atoms with Crippen LogP contribution in [0.4, 0.5) is 11.4 Å². The lowest BCUT2D eigenvalue weighted by molar-refractivity contribution is -0.126. The topological polar surface area (TPSA) is 108 Å². The highest BCUT2D eigenvalue weighted by Gasteiger charge is 2.50.